The fraction of sp³-hybridized carbons (Fsp3) is 0.0588. The average Bonchev–Trinajstić information content (AvgIpc) is 2.47. The van der Waals surface area contributed by atoms with E-state index < -0.39 is 0 Å². The third kappa shape index (κ3) is 2.88. The molecule has 0 saturated carbocycles. The van der Waals surface area contributed by atoms with E-state index in [2.05, 4.69) is 79.5 Å². The van der Waals surface area contributed by atoms with Gasteiger partial charge in [0.1, 0.15) is 0 Å². The Morgan fingerprint density at radius 3 is 2.00 bits per heavy atom. The van der Waals surface area contributed by atoms with Crippen molar-refractivity contribution in [1.82, 2.24) is 0 Å². The standard InChI is InChI=1S/C17H15P.BH3/c1-18(16-9-3-2-4-10-16)17-12-11-14-7-5-6-8-15(14)13-17;/h2-13H,1H3;1H3. The van der Waals surface area contributed by atoms with Gasteiger partial charge in [0.2, 0.25) is 0 Å². The van der Waals surface area contributed by atoms with E-state index in [0.717, 1.165) is 0 Å². The maximum Gasteiger partial charge on any atom is 0.0814 e. The van der Waals surface area contributed by atoms with Crippen LogP contribution in [0.1, 0.15) is 0 Å². The van der Waals surface area contributed by atoms with E-state index >= 15 is 0 Å². The van der Waals surface area contributed by atoms with Gasteiger partial charge in [-0.25, -0.2) is 0 Å². The summed E-state index contributed by atoms with van der Waals surface area (Å²) in [5, 5.41) is 5.52. The molecule has 19 heavy (non-hydrogen) atoms. The Bertz CT molecular complexity index is 664. The summed E-state index contributed by atoms with van der Waals surface area (Å²) < 4.78 is 0. The Morgan fingerprint density at radius 2 is 1.26 bits per heavy atom. The van der Waals surface area contributed by atoms with Crippen molar-refractivity contribution in [3.63, 3.8) is 0 Å². The second-order valence-corrected chi connectivity index (χ2v) is 6.58. The summed E-state index contributed by atoms with van der Waals surface area (Å²) in [6, 6.07) is 26.1. The number of rotatable bonds is 2. The maximum atomic E-state index is 2.33. The van der Waals surface area contributed by atoms with Crippen molar-refractivity contribution in [1.29, 1.82) is 0 Å². The molecular formula is C17H18BP. The van der Waals surface area contributed by atoms with Crippen LogP contribution in [0.4, 0.5) is 0 Å². The first-order valence-corrected chi connectivity index (χ1v) is 7.91. The highest BCUT2D eigenvalue weighted by Gasteiger charge is 2.07. The fourth-order valence-electron chi connectivity index (χ4n) is 2.19. The van der Waals surface area contributed by atoms with E-state index in [1.54, 1.807) is 0 Å². The molecule has 1 atom stereocenters. The van der Waals surface area contributed by atoms with Crippen molar-refractivity contribution in [2.75, 3.05) is 6.66 Å². The van der Waals surface area contributed by atoms with Crippen LogP contribution in [0.15, 0.2) is 72.8 Å². The molecule has 2 heteroatoms. The van der Waals surface area contributed by atoms with Gasteiger partial charge in [-0.1, -0.05) is 66.7 Å². The summed E-state index contributed by atoms with van der Waals surface area (Å²) in [6.45, 7) is 2.33. The van der Waals surface area contributed by atoms with Crippen LogP contribution in [0, 0.1) is 0 Å². The predicted octanol–water partition coefficient (Wildman–Crippen LogP) is 2.72. The highest BCUT2D eigenvalue weighted by Crippen LogP contribution is 2.29. The molecular weight excluding hydrogens is 246 g/mol. The zero-order chi connectivity index (χ0) is 12.4. The van der Waals surface area contributed by atoms with Crippen molar-refractivity contribution in [3.05, 3.63) is 72.8 Å². The Morgan fingerprint density at radius 1 is 0.632 bits per heavy atom. The minimum atomic E-state index is -0.244. The molecule has 3 aromatic carbocycles. The Kier molecular flexibility index (Phi) is 4.40. The van der Waals surface area contributed by atoms with Gasteiger partial charge in [-0.15, -0.1) is 0 Å². The van der Waals surface area contributed by atoms with Gasteiger partial charge < -0.3 is 0 Å². The van der Waals surface area contributed by atoms with E-state index in [9.17, 15) is 0 Å². The van der Waals surface area contributed by atoms with Crippen molar-refractivity contribution >= 4 is 37.7 Å². The van der Waals surface area contributed by atoms with Crippen LogP contribution in [-0.2, 0) is 0 Å². The monoisotopic (exact) mass is 264 g/mol. The minimum absolute atomic E-state index is 0. The smallest absolute Gasteiger partial charge is 0.0622 e. The molecule has 1 unspecified atom stereocenters. The second kappa shape index (κ2) is 6.04. The molecule has 0 spiro atoms. The lowest BCUT2D eigenvalue weighted by molar-refractivity contribution is 1.76. The minimum Gasteiger partial charge on any atom is -0.0622 e. The quantitative estimate of drug-likeness (QED) is 0.493. The van der Waals surface area contributed by atoms with Crippen LogP contribution in [0.3, 0.4) is 0 Å². The van der Waals surface area contributed by atoms with Crippen LogP contribution in [-0.4, -0.2) is 15.1 Å². The number of benzene rings is 3. The fourth-order valence-corrected chi connectivity index (χ4v) is 3.73. The average molecular weight is 264 g/mol. The van der Waals surface area contributed by atoms with Crippen LogP contribution < -0.4 is 10.6 Å². The van der Waals surface area contributed by atoms with Gasteiger partial charge in [-0.2, -0.15) is 0 Å². The van der Waals surface area contributed by atoms with E-state index in [-0.39, 0.29) is 16.3 Å². The van der Waals surface area contributed by atoms with E-state index in [0.29, 0.717) is 0 Å². The molecule has 0 N–H and O–H groups in total. The Labute approximate surface area is 117 Å². The Hall–Kier alpha value is -1.59. The van der Waals surface area contributed by atoms with E-state index in [1.807, 2.05) is 0 Å². The summed E-state index contributed by atoms with van der Waals surface area (Å²) in [5.41, 5.74) is 0. The number of hydrogen-bond acceptors (Lipinski definition) is 0. The summed E-state index contributed by atoms with van der Waals surface area (Å²) in [4.78, 5) is 0. The van der Waals surface area contributed by atoms with Crippen LogP contribution in [0.5, 0.6) is 0 Å². The first-order valence-electron chi connectivity index (χ1n) is 6.12. The van der Waals surface area contributed by atoms with E-state index in [4.69, 9.17) is 0 Å². The zero-order valence-corrected chi connectivity index (χ0v) is 11.3. The van der Waals surface area contributed by atoms with Crippen molar-refractivity contribution in [2.45, 2.75) is 0 Å². The van der Waals surface area contributed by atoms with Gasteiger partial charge in [0, 0.05) is 0 Å². The van der Waals surface area contributed by atoms with Crippen molar-refractivity contribution < 1.29 is 0 Å². The molecule has 0 aliphatic heterocycles. The van der Waals surface area contributed by atoms with Crippen LogP contribution in [0.2, 0.25) is 0 Å². The highest BCUT2D eigenvalue weighted by atomic mass is 31.1. The van der Waals surface area contributed by atoms with Crippen molar-refractivity contribution in [3.8, 4) is 0 Å². The topological polar surface area (TPSA) is 0 Å². The number of fused-ring (bicyclic) bond motifs is 1. The molecule has 0 amide bonds. The number of hydrogen-bond donors (Lipinski definition) is 0. The van der Waals surface area contributed by atoms with Crippen LogP contribution >= 0.6 is 7.92 Å². The highest BCUT2D eigenvalue weighted by molar-refractivity contribution is 7.72. The molecule has 0 aromatic heterocycles. The van der Waals surface area contributed by atoms with Gasteiger partial charge in [-0.05, 0) is 42.0 Å². The molecule has 0 radical (unpaired) electrons. The van der Waals surface area contributed by atoms with Gasteiger partial charge in [0.25, 0.3) is 0 Å². The summed E-state index contributed by atoms with van der Waals surface area (Å²) >= 11 is 0. The molecule has 0 aliphatic carbocycles. The molecule has 94 valence electrons. The largest absolute Gasteiger partial charge is 0.0814 e. The first-order chi connectivity index (χ1) is 8.84. The molecule has 3 rings (SSSR count). The normalized spacial score (nSPS) is 11.8. The summed E-state index contributed by atoms with van der Waals surface area (Å²) in [5.74, 6) is 0. The lowest BCUT2D eigenvalue weighted by atomic mass is 10.1. The van der Waals surface area contributed by atoms with E-state index in [1.165, 1.54) is 21.4 Å². The second-order valence-electron chi connectivity index (χ2n) is 4.43. The molecule has 0 aliphatic rings. The summed E-state index contributed by atoms with van der Waals surface area (Å²) in [6.07, 6.45) is 0. The van der Waals surface area contributed by atoms with Gasteiger partial charge in [-0.3, -0.25) is 0 Å². The summed E-state index contributed by atoms with van der Waals surface area (Å²) in [7, 11) is -0.244. The van der Waals surface area contributed by atoms with Gasteiger partial charge in [0.15, 0.2) is 0 Å². The molecule has 3 aromatic rings. The molecule has 0 fully saturated rings. The molecule has 0 saturated heterocycles. The zero-order valence-electron chi connectivity index (χ0n) is 10.4. The third-order valence-corrected chi connectivity index (χ3v) is 5.39. The third-order valence-electron chi connectivity index (χ3n) is 3.26. The first kappa shape index (κ1) is 13.8. The van der Waals surface area contributed by atoms with Gasteiger partial charge in [0.05, 0.1) is 8.41 Å². The SMILES string of the molecule is B.CP(c1ccccc1)c1ccc2ccccc2c1. The predicted molar refractivity (Wildman–Crippen MR) is 92.4 cm³/mol. The van der Waals surface area contributed by atoms with Crippen molar-refractivity contribution in [2.24, 2.45) is 0 Å². The van der Waals surface area contributed by atoms with Crippen LogP contribution in [0.25, 0.3) is 10.8 Å². The lowest BCUT2D eigenvalue weighted by Gasteiger charge is -2.13. The molecule has 0 heterocycles. The Balaban J connectivity index is 0.00000133. The maximum absolute atomic E-state index is 2.33. The van der Waals surface area contributed by atoms with Gasteiger partial charge >= 0.3 is 0 Å². The molecule has 0 nitrogen and oxygen atoms in total. The lowest BCUT2D eigenvalue weighted by Crippen LogP contribution is -2.10. The molecule has 0 bridgehead atoms.